The molecule has 0 aromatic carbocycles. The summed E-state index contributed by atoms with van der Waals surface area (Å²) >= 11 is 9.97. The highest BCUT2D eigenvalue weighted by Crippen LogP contribution is 2.06. The summed E-state index contributed by atoms with van der Waals surface area (Å²) in [5.41, 5.74) is -1.10. The van der Waals surface area contributed by atoms with Crippen LogP contribution in [-0.2, 0) is 0 Å². The highest BCUT2D eigenvalue weighted by atomic mass is 35.5. The molecule has 0 amide bonds. The van der Waals surface area contributed by atoms with Gasteiger partial charge in [-0.25, -0.2) is 0 Å². The van der Waals surface area contributed by atoms with Crippen LogP contribution in [0.4, 0.5) is 0 Å². The predicted octanol–water partition coefficient (Wildman–Crippen LogP) is 1.30. The van der Waals surface area contributed by atoms with Gasteiger partial charge in [-0.3, -0.25) is 0 Å². The molecule has 1 atom stereocenters. The molecule has 0 fully saturated rings. The van der Waals surface area contributed by atoms with Gasteiger partial charge in [-0.2, -0.15) is 0 Å². The standard InChI is InChI=1S/C3H4Cl2O/c1-2(4)3(5)6/h3,6H,1H2. The van der Waals surface area contributed by atoms with E-state index >= 15 is 0 Å². The second-order valence-electron chi connectivity index (χ2n) is 0.783. The van der Waals surface area contributed by atoms with Gasteiger partial charge in [0.15, 0.2) is 5.56 Å². The molecule has 1 unspecified atom stereocenters. The fourth-order valence-electron chi connectivity index (χ4n) is 0. The maximum atomic E-state index is 8.16. The minimum Gasteiger partial charge on any atom is -0.373 e. The molecule has 0 bridgehead atoms. The molecule has 0 saturated carbocycles. The molecule has 0 aromatic rings. The predicted molar refractivity (Wildman–Crippen MR) is 26.9 cm³/mol. The Morgan fingerprint density at radius 1 is 1.83 bits per heavy atom. The van der Waals surface area contributed by atoms with Crippen molar-refractivity contribution in [3.05, 3.63) is 11.6 Å². The number of hydrogen-bond acceptors (Lipinski definition) is 1. The SMILES string of the molecule is C=C(Cl)C(O)Cl. The number of halogens is 2. The van der Waals surface area contributed by atoms with Crippen LogP contribution in [0.5, 0.6) is 0 Å². The maximum Gasteiger partial charge on any atom is 0.163 e. The van der Waals surface area contributed by atoms with Crippen LogP contribution in [0.15, 0.2) is 11.6 Å². The van der Waals surface area contributed by atoms with E-state index in [1.54, 1.807) is 0 Å². The third-order valence-electron chi connectivity index (χ3n) is 0.258. The lowest BCUT2D eigenvalue weighted by molar-refractivity contribution is 0.299. The van der Waals surface area contributed by atoms with Crippen LogP contribution in [0.2, 0.25) is 0 Å². The second-order valence-corrected chi connectivity index (χ2v) is 1.68. The average Bonchev–Trinajstić information content (AvgIpc) is 1.36. The molecule has 1 N–H and O–H groups in total. The van der Waals surface area contributed by atoms with Crippen molar-refractivity contribution in [3.63, 3.8) is 0 Å². The number of rotatable bonds is 1. The van der Waals surface area contributed by atoms with Crippen molar-refractivity contribution in [2.45, 2.75) is 5.56 Å². The van der Waals surface area contributed by atoms with Gasteiger partial charge in [0.2, 0.25) is 0 Å². The van der Waals surface area contributed by atoms with E-state index in [-0.39, 0.29) is 5.03 Å². The van der Waals surface area contributed by atoms with Gasteiger partial charge in [-0.1, -0.05) is 29.8 Å². The van der Waals surface area contributed by atoms with Crippen molar-refractivity contribution < 1.29 is 5.11 Å². The fraction of sp³-hybridized carbons (Fsp3) is 0.333. The molecule has 0 spiro atoms. The Hall–Kier alpha value is 0.280. The van der Waals surface area contributed by atoms with E-state index < -0.39 is 5.56 Å². The number of hydrogen-bond donors (Lipinski definition) is 1. The van der Waals surface area contributed by atoms with Crippen LogP contribution in [0, 0.1) is 0 Å². The first-order chi connectivity index (χ1) is 2.64. The summed E-state index contributed by atoms with van der Waals surface area (Å²) in [5, 5.41) is 8.22. The van der Waals surface area contributed by atoms with E-state index in [9.17, 15) is 0 Å². The Balaban J connectivity index is 3.26. The smallest absolute Gasteiger partial charge is 0.163 e. The zero-order chi connectivity index (χ0) is 5.15. The Kier molecular flexibility index (Phi) is 2.57. The summed E-state index contributed by atoms with van der Waals surface area (Å²) in [6, 6.07) is 0. The Bertz CT molecular complexity index is 59.8. The van der Waals surface area contributed by atoms with Crippen molar-refractivity contribution >= 4 is 23.2 Å². The van der Waals surface area contributed by atoms with Crippen molar-refractivity contribution in [1.82, 2.24) is 0 Å². The lowest BCUT2D eigenvalue weighted by Gasteiger charge is -1.91. The van der Waals surface area contributed by atoms with Crippen molar-refractivity contribution in [2.75, 3.05) is 0 Å². The van der Waals surface area contributed by atoms with Crippen LogP contribution in [-0.4, -0.2) is 10.7 Å². The van der Waals surface area contributed by atoms with Crippen molar-refractivity contribution in [1.29, 1.82) is 0 Å². The molecule has 0 aliphatic carbocycles. The first-order valence-corrected chi connectivity index (χ1v) is 2.12. The molecule has 1 nitrogen and oxygen atoms in total. The molecule has 0 rings (SSSR count). The molecular weight excluding hydrogens is 123 g/mol. The molecule has 0 aliphatic rings. The second kappa shape index (κ2) is 2.45. The van der Waals surface area contributed by atoms with E-state index in [0.29, 0.717) is 0 Å². The molecule has 0 aromatic heterocycles. The number of alkyl halides is 1. The quantitative estimate of drug-likeness (QED) is 0.526. The molecule has 0 heterocycles. The highest BCUT2D eigenvalue weighted by molar-refractivity contribution is 6.36. The summed E-state index contributed by atoms with van der Waals surface area (Å²) in [4.78, 5) is 0. The van der Waals surface area contributed by atoms with Gasteiger partial charge in [-0.15, -0.1) is 0 Å². The number of aliphatic hydroxyl groups excluding tert-OH is 1. The normalized spacial score (nSPS) is 13.8. The topological polar surface area (TPSA) is 20.2 Å². The molecule has 6 heavy (non-hydrogen) atoms. The molecule has 3 heteroatoms. The summed E-state index contributed by atoms with van der Waals surface area (Å²) < 4.78 is 0. The Morgan fingerprint density at radius 2 is 2.00 bits per heavy atom. The molecule has 0 saturated heterocycles. The summed E-state index contributed by atoms with van der Waals surface area (Å²) in [6.45, 7) is 3.14. The van der Waals surface area contributed by atoms with Gasteiger partial charge in [-0.05, 0) is 0 Å². The lowest BCUT2D eigenvalue weighted by Crippen LogP contribution is -1.91. The van der Waals surface area contributed by atoms with E-state index in [4.69, 9.17) is 28.3 Å². The zero-order valence-electron chi connectivity index (χ0n) is 2.99. The van der Waals surface area contributed by atoms with Crippen molar-refractivity contribution in [3.8, 4) is 0 Å². The van der Waals surface area contributed by atoms with Gasteiger partial charge in [0.05, 0.1) is 5.03 Å². The number of aliphatic hydroxyl groups is 1. The largest absolute Gasteiger partial charge is 0.373 e. The van der Waals surface area contributed by atoms with Crippen LogP contribution < -0.4 is 0 Å². The van der Waals surface area contributed by atoms with Crippen LogP contribution in [0.3, 0.4) is 0 Å². The minimum atomic E-state index is -1.10. The van der Waals surface area contributed by atoms with Crippen molar-refractivity contribution in [2.24, 2.45) is 0 Å². The van der Waals surface area contributed by atoms with Gasteiger partial charge >= 0.3 is 0 Å². The Morgan fingerprint density at radius 3 is 2.00 bits per heavy atom. The van der Waals surface area contributed by atoms with Gasteiger partial charge in [0, 0.05) is 0 Å². The molecular formula is C3H4Cl2O. The molecule has 36 valence electrons. The van der Waals surface area contributed by atoms with Crippen LogP contribution in [0.1, 0.15) is 0 Å². The van der Waals surface area contributed by atoms with Gasteiger partial charge in [0.25, 0.3) is 0 Å². The Labute approximate surface area is 46.2 Å². The van der Waals surface area contributed by atoms with E-state index in [1.807, 2.05) is 0 Å². The van der Waals surface area contributed by atoms with Gasteiger partial charge in [0.1, 0.15) is 0 Å². The van der Waals surface area contributed by atoms with Crippen LogP contribution in [0.25, 0.3) is 0 Å². The summed E-state index contributed by atoms with van der Waals surface area (Å²) in [6.07, 6.45) is 0. The average molecular weight is 127 g/mol. The molecule has 0 radical (unpaired) electrons. The first-order valence-electron chi connectivity index (χ1n) is 1.31. The maximum absolute atomic E-state index is 8.16. The third kappa shape index (κ3) is 2.51. The van der Waals surface area contributed by atoms with Crippen LogP contribution >= 0.6 is 23.2 Å². The van der Waals surface area contributed by atoms with E-state index in [1.165, 1.54) is 0 Å². The first kappa shape index (κ1) is 6.28. The minimum absolute atomic E-state index is 0.0525. The zero-order valence-corrected chi connectivity index (χ0v) is 4.50. The fourth-order valence-corrected chi connectivity index (χ4v) is 0. The summed E-state index contributed by atoms with van der Waals surface area (Å²) in [7, 11) is 0. The monoisotopic (exact) mass is 126 g/mol. The third-order valence-corrected chi connectivity index (χ3v) is 0.840. The molecule has 0 aliphatic heterocycles. The van der Waals surface area contributed by atoms with E-state index in [2.05, 4.69) is 6.58 Å². The van der Waals surface area contributed by atoms with Gasteiger partial charge < -0.3 is 5.11 Å². The lowest BCUT2D eigenvalue weighted by atomic mass is 10.7. The highest BCUT2D eigenvalue weighted by Gasteiger charge is 1.95. The van der Waals surface area contributed by atoms with E-state index in [0.717, 1.165) is 0 Å². The summed E-state index contributed by atoms with van der Waals surface area (Å²) in [5.74, 6) is 0.